The zero-order valence-corrected chi connectivity index (χ0v) is 15.3. The third-order valence-electron chi connectivity index (χ3n) is 4.07. The van der Waals surface area contributed by atoms with Crippen molar-refractivity contribution in [3.8, 4) is 0 Å². The van der Waals surface area contributed by atoms with E-state index in [1.54, 1.807) is 0 Å². The molecule has 0 aliphatic carbocycles. The Bertz CT molecular complexity index is 569. The highest BCUT2D eigenvalue weighted by molar-refractivity contribution is 5.68. The minimum Gasteiger partial charge on any atom is -0.491 e. The standard InChI is InChI=1S/C20H31NO2/c1-6-7-10-23-19-17-9-8-15(2)11-16(17)12-21(18(19)13-22)14-20(3,4)5/h8-9,11,22H,6-7,10,12-14H2,1-5H3. The second-order valence-corrected chi connectivity index (χ2v) is 7.71. The lowest BCUT2D eigenvalue weighted by Gasteiger charge is -2.38. The fourth-order valence-electron chi connectivity index (χ4n) is 3.05. The summed E-state index contributed by atoms with van der Waals surface area (Å²) in [6.45, 7) is 13.4. The van der Waals surface area contributed by atoms with E-state index in [-0.39, 0.29) is 12.0 Å². The van der Waals surface area contributed by atoms with Crippen molar-refractivity contribution in [2.24, 2.45) is 5.41 Å². The van der Waals surface area contributed by atoms with Gasteiger partial charge in [0.2, 0.25) is 0 Å². The summed E-state index contributed by atoms with van der Waals surface area (Å²) >= 11 is 0. The molecule has 0 spiro atoms. The number of aryl methyl sites for hydroxylation is 1. The van der Waals surface area contributed by atoms with Gasteiger partial charge in [-0.1, -0.05) is 57.9 Å². The lowest BCUT2D eigenvalue weighted by atomic mass is 9.92. The van der Waals surface area contributed by atoms with Crippen LogP contribution in [0.1, 0.15) is 57.2 Å². The Labute approximate surface area is 141 Å². The summed E-state index contributed by atoms with van der Waals surface area (Å²) in [5.41, 5.74) is 4.78. The molecule has 0 bridgehead atoms. The number of fused-ring (bicyclic) bond motifs is 1. The lowest BCUT2D eigenvalue weighted by molar-refractivity contribution is 0.173. The molecule has 1 aromatic carbocycles. The molecular formula is C20H31NO2. The third kappa shape index (κ3) is 4.51. The molecule has 128 valence electrons. The lowest BCUT2D eigenvalue weighted by Crippen LogP contribution is -2.36. The molecule has 1 heterocycles. The molecule has 0 unspecified atom stereocenters. The number of rotatable bonds is 6. The molecule has 3 heteroatoms. The maximum atomic E-state index is 9.99. The third-order valence-corrected chi connectivity index (χ3v) is 4.07. The molecule has 0 saturated heterocycles. The average Bonchev–Trinajstić information content (AvgIpc) is 2.45. The first-order chi connectivity index (χ1) is 10.9. The summed E-state index contributed by atoms with van der Waals surface area (Å²) in [4.78, 5) is 2.28. The molecule has 3 nitrogen and oxygen atoms in total. The normalized spacial score (nSPS) is 15.0. The van der Waals surface area contributed by atoms with Gasteiger partial charge in [-0.2, -0.15) is 0 Å². The Morgan fingerprint density at radius 2 is 2.00 bits per heavy atom. The summed E-state index contributed by atoms with van der Waals surface area (Å²) < 4.78 is 6.12. The van der Waals surface area contributed by atoms with E-state index in [0.29, 0.717) is 6.61 Å². The van der Waals surface area contributed by atoms with Crippen molar-refractivity contribution in [1.82, 2.24) is 4.90 Å². The second-order valence-electron chi connectivity index (χ2n) is 7.71. The van der Waals surface area contributed by atoms with Crippen molar-refractivity contribution in [1.29, 1.82) is 0 Å². The van der Waals surface area contributed by atoms with Crippen LogP contribution in [0.3, 0.4) is 0 Å². The fourth-order valence-corrected chi connectivity index (χ4v) is 3.05. The Morgan fingerprint density at radius 3 is 2.61 bits per heavy atom. The molecule has 1 N–H and O–H groups in total. The van der Waals surface area contributed by atoms with Gasteiger partial charge in [-0.05, 0) is 24.3 Å². The van der Waals surface area contributed by atoms with E-state index in [4.69, 9.17) is 4.74 Å². The van der Waals surface area contributed by atoms with E-state index in [2.05, 4.69) is 57.7 Å². The summed E-state index contributed by atoms with van der Waals surface area (Å²) in [7, 11) is 0. The molecule has 1 aromatic rings. The molecule has 0 amide bonds. The van der Waals surface area contributed by atoms with E-state index in [1.807, 2.05) is 0 Å². The van der Waals surface area contributed by atoms with Crippen molar-refractivity contribution in [2.75, 3.05) is 19.8 Å². The number of ether oxygens (including phenoxy) is 1. The highest BCUT2D eigenvalue weighted by atomic mass is 16.5. The number of hydrogen-bond acceptors (Lipinski definition) is 3. The maximum Gasteiger partial charge on any atom is 0.148 e. The average molecular weight is 317 g/mol. The molecule has 0 atom stereocenters. The van der Waals surface area contributed by atoms with E-state index >= 15 is 0 Å². The van der Waals surface area contributed by atoms with Crippen molar-refractivity contribution >= 4 is 5.76 Å². The molecule has 0 aromatic heterocycles. The molecule has 23 heavy (non-hydrogen) atoms. The van der Waals surface area contributed by atoms with Crippen LogP contribution in [0.15, 0.2) is 23.9 Å². The monoisotopic (exact) mass is 317 g/mol. The van der Waals surface area contributed by atoms with Crippen LogP contribution in [0.25, 0.3) is 5.76 Å². The molecule has 1 aliphatic heterocycles. The van der Waals surface area contributed by atoms with Gasteiger partial charge >= 0.3 is 0 Å². The molecule has 1 aliphatic rings. The smallest absolute Gasteiger partial charge is 0.148 e. The topological polar surface area (TPSA) is 32.7 Å². The van der Waals surface area contributed by atoms with Crippen LogP contribution in [0, 0.1) is 12.3 Å². The molecule has 0 fully saturated rings. The van der Waals surface area contributed by atoms with E-state index in [0.717, 1.165) is 43.0 Å². The SMILES string of the molecule is CCCCOC1=C(CO)N(CC(C)(C)C)Cc2cc(C)ccc21. The van der Waals surface area contributed by atoms with Gasteiger partial charge in [0.05, 0.1) is 18.9 Å². The van der Waals surface area contributed by atoms with Crippen LogP contribution in [0.4, 0.5) is 0 Å². The predicted molar refractivity (Wildman–Crippen MR) is 95.9 cm³/mol. The zero-order chi connectivity index (χ0) is 17.0. The molecule has 2 rings (SSSR count). The Hall–Kier alpha value is -1.48. The Morgan fingerprint density at radius 1 is 1.26 bits per heavy atom. The summed E-state index contributed by atoms with van der Waals surface area (Å²) in [5.74, 6) is 0.867. The van der Waals surface area contributed by atoms with Gasteiger partial charge in [0, 0.05) is 18.7 Å². The van der Waals surface area contributed by atoms with E-state index < -0.39 is 0 Å². The number of benzene rings is 1. The number of unbranched alkanes of at least 4 members (excludes halogenated alkanes) is 1. The van der Waals surface area contributed by atoms with Gasteiger partial charge in [0.15, 0.2) is 0 Å². The van der Waals surface area contributed by atoms with Crippen LogP contribution in [-0.4, -0.2) is 29.8 Å². The van der Waals surface area contributed by atoms with Crippen LogP contribution in [-0.2, 0) is 11.3 Å². The first-order valence-corrected chi connectivity index (χ1v) is 8.67. The van der Waals surface area contributed by atoms with Crippen molar-refractivity contribution in [2.45, 2.75) is 54.0 Å². The van der Waals surface area contributed by atoms with Gasteiger partial charge in [-0.3, -0.25) is 0 Å². The highest BCUT2D eigenvalue weighted by Crippen LogP contribution is 2.35. The number of aliphatic hydroxyl groups is 1. The number of aliphatic hydroxyl groups excluding tert-OH is 1. The minimum absolute atomic E-state index is 0.0187. The molecule has 0 saturated carbocycles. The van der Waals surface area contributed by atoms with Crippen molar-refractivity contribution < 1.29 is 9.84 Å². The predicted octanol–water partition coefficient (Wildman–Crippen LogP) is 4.33. The Balaban J connectivity index is 2.42. The van der Waals surface area contributed by atoms with Gasteiger partial charge in [-0.15, -0.1) is 0 Å². The Kier molecular flexibility index (Phi) is 5.74. The van der Waals surface area contributed by atoms with Gasteiger partial charge in [0.25, 0.3) is 0 Å². The van der Waals surface area contributed by atoms with Gasteiger partial charge in [0.1, 0.15) is 5.76 Å². The van der Waals surface area contributed by atoms with Crippen LogP contribution >= 0.6 is 0 Å². The molecule has 0 radical (unpaired) electrons. The zero-order valence-electron chi connectivity index (χ0n) is 15.3. The second kappa shape index (κ2) is 7.39. The first kappa shape index (κ1) is 17.9. The fraction of sp³-hybridized carbons (Fsp3) is 0.600. The highest BCUT2D eigenvalue weighted by Gasteiger charge is 2.28. The largest absolute Gasteiger partial charge is 0.491 e. The summed E-state index contributed by atoms with van der Waals surface area (Å²) in [6.07, 6.45) is 2.14. The first-order valence-electron chi connectivity index (χ1n) is 8.67. The van der Waals surface area contributed by atoms with Crippen LogP contribution in [0.2, 0.25) is 0 Å². The van der Waals surface area contributed by atoms with Gasteiger partial charge < -0.3 is 14.7 Å². The number of hydrogen-bond donors (Lipinski definition) is 1. The maximum absolute atomic E-state index is 9.99. The van der Waals surface area contributed by atoms with E-state index in [9.17, 15) is 5.11 Å². The minimum atomic E-state index is 0.0187. The van der Waals surface area contributed by atoms with Crippen molar-refractivity contribution in [3.63, 3.8) is 0 Å². The summed E-state index contributed by atoms with van der Waals surface area (Å²) in [5, 5.41) is 9.99. The molecular weight excluding hydrogens is 286 g/mol. The summed E-state index contributed by atoms with van der Waals surface area (Å²) in [6, 6.07) is 6.49. The number of nitrogens with zero attached hydrogens (tertiary/aromatic N) is 1. The van der Waals surface area contributed by atoms with E-state index in [1.165, 1.54) is 11.1 Å². The van der Waals surface area contributed by atoms with Crippen molar-refractivity contribution in [3.05, 3.63) is 40.6 Å². The van der Waals surface area contributed by atoms with Gasteiger partial charge in [-0.25, -0.2) is 0 Å². The van der Waals surface area contributed by atoms with Crippen LogP contribution < -0.4 is 0 Å². The van der Waals surface area contributed by atoms with Crippen LogP contribution in [0.5, 0.6) is 0 Å². The quantitative estimate of drug-likeness (QED) is 0.793.